The molecule has 2 rings (SSSR count). The summed E-state index contributed by atoms with van der Waals surface area (Å²) in [5.74, 6) is -0.244. The molecule has 2 unspecified atom stereocenters. The van der Waals surface area contributed by atoms with E-state index in [-0.39, 0.29) is 22.4 Å². The fourth-order valence-corrected chi connectivity index (χ4v) is 3.89. The standard InChI is InChI=1S/C12H17ClN2O4S/c1-7-4-3-5-9(6-7)19-12(16)10-11(20(13,17)18)8(2)14-15-10/h7,9H,3-6H2,1-2H3,(H,14,15). The quantitative estimate of drug-likeness (QED) is 0.682. The number of nitrogens with zero attached hydrogens (tertiary/aromatic N) is 1. The van der Waals surface area contributed by atoms with Crippen LogP contribution in [0.2, 0.25) is 0 Å². The molecule has 0 radical (unpaired) electrons. The van der Waals surface area contributed by atoms with E-state index < -0.39 is 15.0 Å². The lowest BCUT2D eigenvalue weighted by atomic mass is 9.89. The number of aromatic amines is 1. The van der Waals surface area contributed by atoms with Gasteiger partial charge < -0.3 is 4.74 Å². The van der Waals surface area contributed by atoms with Gasteiger partial charge in [0.1, 0.15) is 11.0 Å². The molecule has 6 nitrogen and oxygen atoms in total. The second kappa shape index (κ2) is 5.73. The highest BCUT2D eigenvalue weighted by Crippen LogP contribution is 2.28. The van der Waals surface area contributed by atoms with E-state index in [1.165, 1.54) is 6.92 Å². The lowest BCUT2D eigenvalue weighted by Gasteiger charge is -2.26. The van der Waals surface area contributed by atoms with Crippen molar-refractivity contribution < 1.29 is 17.9 Å². The Hall–Kier alpha value is -1.08. The number of hydrogen-bond acceptors (Lipinski definition) is 5. The van der Waals surface area contributed by atoms with Gasteiger partial charge in [0.25, 0.3) is 9.05 Å². The number of aryl methyl sites for hydroxylation is 1. The fraction of sp³-hybridized carbons (Fsp3) is 0.667. The highest BCUT2D eigenvalue weighted by Gasteiger charge is 2.30. The van der Waals surface area contributed by atoms with Crippen LogP contribution in [0.15, 0.2) is 4.90 Å². The van der Waals surface area contributed by atoms with Crippen LogP contribution in [0.25, 0.3) is 0 Å². The molecule has 0 saturated heterocycles. The van der Waals surface area contributed by atoms with Crippen molar-refractivity contribution in [2.24, 2.45) is 5.92 Å². The summed E-state index contributed by atoms with van der Waals surface area (Å²) in [6.07, 6.45) is 3.52. The van der Waals surface area contributed by atoms with Crippen LogP contribution < -0.4 is 0 Å². The molecule has 112 valence electrons. The molecule has 0 spiro atoms. The number of H-pyrrole nitrogens is 1. The van der Waals surface area contributed by atoms with Crippen molar-refractivity contribution in [2.75, 3.05) is 0 Å². The minimum atomic E-state index is -4.04. The largest absolute Gasteiger partial charge is 0.458 e. The number of aromatic nitrogens is 2. The monoisotopic (exact) mass is 320 g/mol. The second-order valence-corrected chi connectivity index (χ2v) is 7.77. The molecule has 0 amide bonds. The van der Waals surface area contributed by atoms with E-state index in [4.69, 9.17) is 15.4 Å². The number of rotatable bonds is 3. The van der Waals surface area contributed by atoms with Crippen LogP contribution in [0, 0.1) is 12.8 Å². The third-order valence-corrected chi connectivity index (χ3v) is 4.94. The zero-order valence-corrected chi connectivity index (χ0v) is 12.9. The normalized spacial score (nSPS) is 23.6. The molecule has 8 heteroatoms. The van der Waals surface area contributed by atoms with Gasteiger partial charge >= 0.3 is 5.97 Å². The van der Waals surface area contributed by atoms with E-state index in [1.807, 2.05) is 0 Å². The fourth-order valence-electron chi connectivity index (χ4n) is 2.55. The Morgan fingerprint density at radius 2 is 2.15 bits per heavy atom. The van der Waals surface area contributed by atoms with Crippen LogP contribution in [0.1, 0.15) is 48.8 Å². The van der Waals surface area contributed by atoms with E-state index in [9.17, 15) is 13.2 Å². The molecule has 1 aromatic heterocycles. The number of nitrogens with one attached hydrogen (secondary N) is 1. The zero-order valence-electron chi connectivity index (χ0n) is 11.3. The summed E-state index contributed by atoms with van der Waals surface area (Å²) in [4.78, 5) is 11.8. The number of ether oxygens (including phenoxy) is 1. The average molecular weight is 321 g/mol. The van der Waals surface area contributed by atoms with Crippen molar-refractivity contribution in [3.63, 3.8) is 0 Å². The van der Waals surface area contributed by atoms with Crippen molar-refractivity contribution in [2.45, 2.75) is 50.5 Å². The zero-order chi connectivity index (χ0) is 14.9. The summed E-state index contributed by atoms with van der Waals surface area (Å²) < 4.78 is 28.3. The van der Waals surface area contributed by atoms with Gasteiger partial charge in [0.05, 0.1) is 5.69 Å². The Morgan fingerprint density at radius 1 is 1.45 bits per heavy atom. The highest BCUT2D eigenvalue weighted by atomic mass is 35.7. The van der Waals surface area contributed by atoms with Crippen molar-refractivity contribution in [3.8, 4) is 0 Å². The summed E-state index contributed by atoms with van der Waals surface area (Å²) in [6.45, 7) is 3.59. The molecule has 1 aromatic rings. The first kappa shape index (κ1) is 15.3. The van der Waals surface area contributed by atoms with Gasteiger partial charge in [0.2, 0.25) is 0 Å². The van der Waals surface area contributed by atoms with Crippen LogP contribution in [-0.2, 0) is 13.8 Å². The molecule has 0 aromatic carbocycles. The average Bonchev–Trinajstić information content (AvgIpc) is 2.71. The maximum Gasteiger partial charge on any atom is 0.360 e. The lowest BCUT2D eigenvalue weighted by molar-refractivity contribution is 0.0144. The number of carbonyl (C=O) groups excluding carboxylic acids is 1. The van der Waals surface area contributed by atoms with Crippen LogP contribution >= 0.6 is 10.7 Å². The maximum absolute atomic E-state index is 12.1. The van der Waals surface area contributed by atoms with Gasteiger partial charge in [0.15, 0.2) is 5.69 Å². The predicted octanol–water partition coefficient (Wildman–Crippen LogP) is 2.38. The third kappa shape index (κ3) is 3.32. The Kier molecular flexibility index (Phi) is 4.39. The molecular formula is C12H17ClN2O4S. The van der Waals surface area contributed by atoms with Crippen molar-refractivity contribution in [3.05, 3.63) is 11.4 Å². The molecule has 1 N–H and O–H groups in total. The van der Waals surface area contributed by atoms with Gasteiger partial charge in [-0.05, 0) is 32.1 Å². The van der Waals surface area contributed by atoms with Gasteiger partial charge in [-0.25, -0.2) is 13.2 Å². The first-order chi connectivity index (χ1) is 9.29. The molecule has 20 heavy (non-hydrogen) atoms. The van der Waals surface area contributed by atoms with Gasteiger partial charge in [-0.2, -0.15) is 5.10 Å². The van der Waals surface area contributed by atoms with E-state index in [0.29, 0.717) is 5.92 Å². The molecule has 1 heterocycles. The highest BCUT2D eigenvalue weighted by molar-refractivity contribution is 8.13. The number of halogens is 1. The first-order valence-electron chi connectivity index (χ1n) is 6.49. The Bertz CT molecular complexity index is 611. The Morgan fingerprint density at radius 3 is 2.75 bits per heavy atom. The molecule has 0 aliphatic heterocycles. The lowest BCUT2D eigenvalue weighted by Crippen LogP contribution is -2.25. The summed E-state index contributed by atoms with van der Waals surface area (Å²) in [6, 6.07) is 0. The van der Waals surface area contributed by atoms with Crippen LogP contribution in [0.3, 0.4) is 0 Å². The van der Waals surface area contributed by atoms with Gasteiger partial charge in [-0.1, -0.05) is 13.3 Å². The van der Waals surface area contributed by atoms with Crippen LogP contribution in [-0.4, -0.2) is 30.7 Å². The molecule has 1 aliphatic rings. The predicted molar refractivity (Wildman–Crippen MR) is 73.2 cm³/mol. The SMILES string of the molecule is Cc1[nH]nc(C(=O)OC2CCCC(C)C2)c1S(=O)(=O)Cl. The van der Waals surface area contributed by atoms with Gasteiger partial charge in [0, 0.05) is 10.7 Å². The second-order valence-electron chi connectivity index (χ2n) is 5.26. The van der Waals surface area contributed by atoms with Gasteiger partial charge in [-0.15, -0.1) is 0 Å². The van der Waals surface area contributed by atoms with Gasteiger partial charge in [-0.3, -0.25) is 5.10 Å². The molecule has 2 atom stereocenters. The Labute approximate surface area is 122 Å². The maximum atomic E-state index is 12.1. The molecule has 1 aliphatic carbocycles. The summed E-state index contributed by atoms with van der Waals surface area (Å²) in [7, 11) is 1.29. The van der Waals surface area contributed by atoms with Crippen molar-refractivity contribution in [1.82, 2.24) is 10.2 Å². The summed E-state index contributed by atoms with van der Waals surface area (Å²) >= 11 is 0. The number of hydrogen-bond donors (Lipinski definition) is 1. The van der Waals surface area contributed by atoms with Crippen LogP contribution in [0.4, 0.5) is 0 Å². The molecular weight excluding hydrogens is 304 g/mol. The third-order valence-electron chi connectivity index (χ3n) is 3.49. The summed E-state index contributed by atoms with van der Waals surface area (Å²) in [5, 5.41) is 6.16. The first-order valence-corrected chi connectivity index (χ1v) is 8.80. The number of carbonyl (C=O) groups is 1. The van der Waals surface area contributed by atoms with E-state index in [1.54, 1.807) is 0 Å². The molecule has 0 bridgehead atoms. The topological polar surface area (TPSA) is 89.1 Å². The molecule has 1 saturated carbocycles. The summed E-state index contributed by atoms with van der Waals surface area (Å²) in [5.41, 5.74) is -0.0420. The minimum absolute atomic E-state index is 0.186. The van der Waals surface area contributed by atoms with E-state index in [0.717, 1.165) is 25.7 Å². The molecule has 1 fully saturated rings. The van der Waals surface area contributed by atoms with Crippen molar-refractivity contribution >= 4 is 25.7 Å². The Balaban J connectivity index is 2.18. The van der Waals surface area contributed by atoms with Crippen LogP contribution in [0.5, 0.6) is 0 Å². The van der Waals surface area contributed by atoms with E-state index >= 15 is 0 Å². The van der Waals surface area contributed by atoms with E-state index in [2.05, 4.69) is 17.1 Å². The minimum Gasteiger partial charge on any atom is -0.458 e. The van der Waals surface area contributed by atoms with Crippen molar-refractivity contribution in [1.29, 1.82) is 0 Å². The smallest absolute Gasteiger partial charge is 0.360 e. The number of esters is 1.